The van der Waals surface area contributed by atoms with Gasteiger partial charge >= 0.3 is 0 Å². The fourth-order valence-electron chi connectivity index (χ4n) is 3.34. The number of aromatic nitrogens is 1. The predicted octanol–water partition coefficient (Wildman–Crippen LogP) is 1.93. The molecule has 3 rings (SSSR count). The molecule has 0 bridgehead atoms. The molecule has 2 unspecified atom stereocenters. The van der Waals surface area contributed by atoms with E-state index >= 15 is 0 Å². The van der Waals surface area contributed by atoms with Gasteiger partial charge in [0.1, 0.15) is 0 Å². The van der Waals surface area contributed by atoms with Crippen molar-refractivity contribution in [2.75, 3.05) is 19.7 Å². The zero-order valence-electron chi connectivity index (χ0n) is 12.3. The molecule has 0 spiro atoms. The van der Waals surface area contributed by atoms with Crippen LogP contribution in [-0.2, 0) is 17.8 Å². The summed E-state index contributed by atoms with van der Waals surface area (Å²) in [7, 11) is 0. The Balaban J connectivity index is 1.59. The van der Waals surface area contributed by atoms with Crippen molar-refractivity contribution in [2.45, 2.75) is 57.8 Å². The van der Waals surface area contributed by atoms with Crippen molar-refractivity contribution in [2.24, 2.45) is 0 Å². The lowest BCUT2D eigenvalue weighted by Crippen LogP contribution is -2.52. The Hall–Kier alpha value is -0.910. The van der Waals surface area contributed by atoms with Crippen molar-refractivity contribution in [1.82, 2.24) is 15.4 Å². The number of nitrogens with zero attached hydrogens (tertiary/aromatic N) is 2. The molecule has 2 aliphatic rings. The van der Waals surface area contributed by atoms with Gasteiger partial charge in [0.25, 0.3) is 0 Å². The van der Waals surface area contributed by atoms with Crippen LogP contribution in [0, 0.1) is 0 Å². The van der Waals surface area contributed by atoms with Crippen LogP contribution in [0.3, 0.4) is 0 Å². The molecule has 20 heavy (non-hydrogen) atoms. The standard InChI is InChI=1S/C15H25N3O2/c1-2-16-10-12-9-13(20-17-12)11-18-7-8-19-15-6-4-3-5-14(15)18/h9,14-16H,2-8,10-11H2,1H3. The minimum Gasteiger partial charge on any atom is -0.375 e. The molecule has 1 N–H and O–H groups in total. The first-order valence-corrected chi connectivity index (χ1v) is 7.87. The molecule has 1 aromatic rings. The lowest BCUT2D eigenvalue weighted by atomic mass is 9.90. The maximum absolute atomic E-state index is 5.91. The fraction of sp³-hybridized carbons (Fsp3) is 0.800. The van der Waals surface area contributed by atoms with Crippen molar-refractivity contribution in [1.29, 1.82) is 0 Å². The molecule has 1 saturated heterocycles. The summed E-state index contributed by atoms with van der Waals surface area (Å²) in [5.41, 5.74) is 0.996. The number of morpholine rings is 1. The van der Waals surface area contributed by atoms with E-state index in [4.69, 9.17) is 9.26 Å². The molecular weight excluding hydrogens is 254 g/mol. The van der Waals surface area contributed by atoms with Gasteiger partial charge in [0.2, 0.25) is 0 Å². The van der Waals surface area contributed by atoms with E-state index < -0.39 is 0 Å². The highest BCUT2D eigenvalue weighted by atomic mass is 16.5. The molecule has 2 atom stereocenters. The van der Waals surface area contributed by atoms with Crippen molar-refractivity contribution >= 4 is 0 Å². The van der Waals surface area contributed by atoms with Crippen LogP contribution in [-0.4, -0.2) is 41.9 Å². The van der Waals surface area contributed by atoms with E-state index in [9.17, 15) is 0 Å². The Kier molecular flexibility index (Phi) is 4.70. The van der Waals surface area contributed by atoms with E-state index in [0.717, 1.165) is 44.2 Å². The second kappa shape index (κ2) is 6.70. The number of ether oxygens (including phenoxy) is 1. The lowest BCUT2D eigenvalue weighted by Gasteiger charge is -2.43. The number of nitrogens with one attached hydrogen (secondary N) is 1. The highest BCUT2D eigenvalue weighted by molar-refractivity contribution is 5.06. The smallest absolute Gasteiger partial charge is 0.151 e. The summed E-state index contributed by atoms with van der Waals surface area (Å²) in [6.45, 7) is 6.55. The molecule has 1 aliphatic heterocycles. The minimum atomic E-state index is 0.432. The van der Waals surface area contributed by atoms with Gasteiger partial charge in [-0.2, -0.15) is 0 Å². The van der Waals surface area contributed by atoms with Crippen LogP contribution < -0.4 is 5.32 Å². The van der Waals surface area contributed by atoms with E-state index in [-0.39, 0.29) is 0 Å². The number of fused-ring (bicyclic) bond motifs is 1. The van der Waals surface area contributed by atoms with E-state index in [0.29, 0.717) is 12.1 Å². The third kappa shape index (κ3) is 3.22. The van der Waals surface area contributed by atoms with E-state index in [1.54, 1.807) is 0 Å². The molecule has 112 valence electrons. The van der Waals surface area contributed by atoms with Crippen molar-refractivity contribution in [3.05, 3.63) is 17.5 Å². The Morgan fingerprint density at radius 1 is 1.40 bits per heavy atom. The summed E-state index contributed by atoms with van der Waals surface area (Å²) in [6.07, 6.45) is 5.53. The SMILES string of the molecule is CCNCc1cc(CN2CCOC3CCCCC32)on1. The monoisotopic (exact) mass is 279 g/mol. The Morgan fingerprint density at radius 2 is 2.30 bits per heavy atom. The molecule has 1 saturated carbocycles. The van der Waals surface area contributed by atoms with Crippen LogP contribution in [0.2, 0.25) is 0 Å². The molecule has 0 radical (unpaired) electrons. The van der Waals surface area contributed by atoms with Gasteiger partial charge in [0.15, 0.2) is 5.76 Å². The second-order valence-corrected chi connectivity index (χ2v) is 5.80. The van der Waals surface area contributed by atoms with Crippen molar-refractivity contribution in [3.63, 3.8) is 0 Å². The molecule has 0 amide bonds. The molecule has 5 nitrogen and oxygen atoms in total. The number of hydrogen-bond donors (Lipinski definition) is 1. The molecule has 2 heterocycles. The van der Waals surface area contributed by atoms with Gasteiger partial charge in [0, 0.05) is 25.2 Å². The van der Waals surface area contributed by atoms with E-state index in [1.807, 2.05) is 0 Å². The summed E-state index contributed by atoms with van der Waals surface area (Å²) in [6, 6.07) is 2.65. The van der Waals surface area contributed by atoms with Crippen LogP contribution >= 0.6 is 0 Å². The van der Waals surface area contributed by atoms with Gasteiger partial charge in [-0.3, -0.25) is 4.90 Å². The van der Waals surface area contributed by atoms with Gasteiger partial charge < -0.3 is 14.6 Å². The summed E-state index contributed by atoms with van der Waals surface area (Å²) in [5, 5.41) is 7.40. The molecule has 5 heteroatoms. The van der Waals surface area contributed by atoms with Crippen LogP contribution in [0.15, 0.2) is 10.6 Å². The fourth-order valence-corrected chi connectivity index (χ4v) is 3.34. The van der Waals surface area contributed by atoms with Gasteiger partial charge in [-0.1, -0.05) is 24.9 Å². The van der Waals surface area contributed by atoms with Gasteiger partial charge in [-0.15, -0.1) is 0 Å². The first kappa shape index (κ1) is 14.0. The van der Waals surface area contributed by atoms with Crippen LogP contribution in [0.1, 0.15) is 44.1 Å². The lowest BCUT2D eigenvalue weighted by molar-refractivity contribution is -0.0929. The normalized spacial score (nSPS) is 27.4. The third-order valence-corrected chi connectivity index (χ3v) is 4.37. The van der Waals surface area contributed by atoms with Crippen LogP contribution in [0.5, 0.6) is 0 Å². The Morgan fingerprint density at radius 3 is 3.20 bits per heavy atom. The molecule has 0 aromatic carbocycles. The Bertz CT molecular complexity index is 419. The summed E-state index contributed by atoms with van der Waals surface area (Å²) in [4.78, 5) is 2.52. The number of hydrogen-bond acceptors (Lipinski definition) is 5. The highest BCUT2D eigenvalue weighted by Gasteiger charge is 2.34. The van der Waals surface area contributed by atoms with Crippen molar-refractivity contribution in [3.8, 4) is 0 Å². The average Bonchev–Trinajstić information content (AvgIpc) is 2.93. The molecule has 1 aliphatic carbocycles. The highest BCUT2D eigenvalue weighted by Crippen LogP contribution is 2.29. The third-order valence-electron chi connectivity index (χ3n) is 4.37. The van der Waals surface area contributed by atoms with Crippen LogP contribution in [0.25, 0.3) is 0 Å². The summed E-state index contributed by atoms with van der Waals surface area (Å²) < 4.78 is 11.4. The summed E-state index contributed by atoms with van der Waals surface area (Å²) in [5.74, 6) is 0.976. The zero-order chi connectivity index (χ0) is 13.8. The number of rotatable bonds is 5. The topological polar surface area (TPSA) is 50.5 Å². The Labute approximate surface area is 120 Å². The zero-order valence-corrected chi connectivity index (χ0v) is 12.3. The van der Waals surface area contributed by atoms with E-state index in [2.05, 4.69) is 28.4 Å². The predicted molar refractivity (Wildman–Crippen MR) is 76.3 cm³/mol. The second-order valence-electron chi connectivity index (χ2n) is 5.80. The maximum Gasteiger partial charge on any atom is 0.151 e. The van der Waals surface area contributed by atoms with Gasteiger partial charge in [-0.05, 0) is 19.4 Å². The van der Waals surface area contributed by atoms with Crippen molar-refractivity contribution < 1.29 is 9.26 Å². The van der Waals surface area contributed by atoms with Gasteiger partial charge in [0.05, 0.1) is 24.9 Å². The van der Waals surface area contributed by atoms with E-state index in [1.165, 1.54) is 25.7 Å². The average molecular weight is 279 g/mol. The maximum atomic E-state index is 5.91. The van der Waals surface area contributed by atoms with Gasteiger partial charge in [-0.25, -0.2) is 0 Å². The largest absolute Gasteiger partial charge is 0.375 e. The minimum absolute atomic E-state index is 0.432. The first-order chi connectivity index (χ1) is 9.86. The molecule has 1 aromatic heterocycles. The summed E-state index contributed by atoms with van der Waals surface area (Å²) >= 11 is 0. The van der Waals surface area contributed by atoms with Crippen LogP contribution in [0.4, 0.5) is 0 Å². The molecule has 2 fully saturated rings. The molecular formula is C15H25N3O2. The quantitative estimate of drug-likeness (QED) is 0.892. The first-order valence-electron chi connectivity index (χ1n) is 7.87.